The lowest BCUT2D eigenvalue weighted by atomic mass is 10.2. The van der Waals surface area contributed by atoms with E-state index < -0.39 is 0 Å². The van der Waals surface area contributed by atoms with Crippen LogP contribution in [0.2, 0.25) is 0 Å². The highest BCUT2D eigenvalue weighted by Gasteiger charge is 2.06. The van der Waals surface area contributed by atoms with Gasteiger partial charge in [-0.05, 0) is 18.2 Å². The van der Waals surface area contributed by atoms with Crippen LogP contribution in [-0.2, 0) is 7.05 Å². The fraction of sp³-hybridized carbons (Fsp3) is 0.0714. The van der Waals surface area contributed by atoms with Crippen LogP contribution < -0.4 is 10.5 Å². The Morgan fingerprint density at radius 1 is 1.20 bits per heavy atom. The minimum Gasteiger partial charge on any atom is -0.453 e. The zero-order valence-corrected chi connectivity index (χ0v) is 10.9. The standard InChI is InChI=1S/C14H13N5O/c1-19-9-10(8-18-19)12-7-11(4-6-16-12)20-13-3-2-5-17-14(13)15/h2-9H,1H3,(H2,15,17). The molecule has 0 saturated heterocycles. The van der Waals surface area contributed by atoms with Gasteiger partial charge in [0.2, 0.25) is 0 Å². The Kier molecular flexibility index (Phi) is 3.04. The van der Waals surface area contributed by atoms with E-state index in [1.807, 2.05) is 19.3 Å². The van der Waals surface area contributed by atoms with Gasteiger partial charge in [-0.15, -0.1) is 0 Å². The topological polar surface area (TPSA) is 78.9 Å². The zero-order valence-electron chi connectivity index (χ0n) is 10.9. The van der Waals surface area contributed by atoms with Crippen molar-refractivity contribution in [3.63, 3.8) is 0 Å². The Labute approximate surface area is 115 Å². The van der Waals surface area contributed by atoms with Crippen molar-refractivity contribution in [1.29, 1.82) is 0 Å². The highest BCUT2D eigenvalue weighted by atomic mass is 16.5. The van der Waals surface area contributed by atoms with Crippen molar-refractivity contribution < 1.29 is 4.74 Å². The Morgan fingerprint density at radius 3 is 2.85 bits per heavy atom. The maximum atomic E-state index is 5.76. The molecule has 0 aliphatic heterocycles. The summed E-state index contributed by atoms with van der Waals surface area (Å²) in [5.74, 6) is 1.53. The van der Waals surface area contributed by atoms with Gasteiger partial charge in [-0.2, -0.15) is 5.10 Å². The summed E-state index contributed by atoms with van der Waals surface area (Å²) in [5, 5.41) is 4.13. The Hall–Kier alpha value is -2.89. The first-order chi connectivity index (χ1) is 9.72. The highest BCUT2D eigenvalue weighted by Crippen LogP contribution is 2.27. The molecule has 3 heterocycles. The molecule has 3 aromatic rings. The van der Waals surface area contributed by atoms with Gasteiger partial charge >= 0.3 is 0 Å². The predicted molar refractivity (Wildman–Crippen MR) is 75.2 cm³/mol. The fourth-order valence-corrected chi connectivity index (χ4v) is 1.80. The molecule has 0 aromatic carbocycles. The normalized spacial score (nSPS) is 10.4. The van der Waals surface area contributed by atoms with E-state index in [0.29, 0.717) is 17.3 Å². The monoisotopic (exact) mass is 267 g/mol. The molecule has 100 valence electrons. The number of nitrogens with two attached hydrogens (primary N) is 1. The molecule has 0 bridgehead atoms. The molecule has 6 nitrogen and oxygen atoms in total. The van der Waals surface area contributed by atoms with E-state index in [9.17, 15) is 0 Å². The van der Waals surface area contributed by atoms with Gasteiger partial charge in [0.15, 0.2) is 11.6 Å². The maximum Gasteiger partial charge on any atom is 0.169 e. The number of rotatable bonds is 3. The quantitative estimate of drug-likeness (QED) is 0.787. The van der Waals surface area contributed by atoms with Crippen LogP contribution in [0.5, 0.6) is 11.5 Å². The van der Waals surface area contributed by atoms with Gasteiger partial charge in [0.25, 0.3) is 0 Å². The first kappa shape index (κ1) is 12.2. The van der Waals surface area contributed by atoms with Gasteiger partial charge in [0, 0.05) is 37.3 Å². The molecule has 6 heteroatoms. The van der Waals surface area contributed by atoms with E-state index >= 15 is 0 Å². The number of nitrogens with zero attached hydrogens (tertiary/aromatic N) is 4. The van der Waals surface area contributed by atoms with Crippen LogP contribution >= 0.6 is 0 Å². The van der Waals surface area contributed by atoms with Crippen molar-refractivity contribution in [1.82, 2.24) is 19.7 Å². The lowest BCUT2D eigenvalue weighted by Gasteiger charge is -2.07. The number of ether oxygens (including phenoxy) is 1. The van der Waals surface area contributed by atoms with Gasteiger partial charge in [-0.25, -0.2) is 4.98 Å². The summed E-state index contributed by atoms with van der Waals surface area (Å²) >= 11 is 0. The van der Waals surface area contributed by atoms with E-state index in [-0.39, 0.29) is 0 Å². The molecular weight excluding hydrogens is 254 g/mol. The number of anilines is 1. The Balaban J connectivity index is 1.90. The second-order valence-electron chi connectivity index (χ2n) is 4.27. The Bertz CT molecular complexity index is 738. The minimum absolute atomic E-state index is 0.354. The largest absolute Gasteiger partial charge is 0.453 e. The van der Waals surface area contributed by atoms with E-state index in [1.54, 1.807) is 41.5 Å². The van der Waals surface area contributed by atoms with Crippen LogP contribution in [0, 0.1) is 0 Å². The second kappa shape index (κ2) is 5.00. The van der Waals surface area contributed by atoms with Crippen LogP contribution in [-0.4, -0.2) is 19.7 Å². The molecule has 0 aliphatic carbocycles. The van der Waals surface area contributed by atoms with E-state index in [4.69, 9.17) is 10.5 Å². The third kappa shape index (κ3) is 2.44. The van der Waals surface area contributed by atoms with Gasteiger partial charge in [0.1, 0.15) is 5.75 Å². The van der Waals surface area contributed by atoms with E-state index in [0.717, 1.165) is 11.3 Å². The summed E-state index contributed by atoms with van der Waals surface area (Å²) in [4.78, 5) is 8.29. The van der Waals surface area contributed by atoms with Gasteiger partial charge in [0.05, 0.1) is 11.9 Å². The average molecular weight is 267 g/mol. The van der Waals surface area contributed by atoms with Crippen LogP contribution in [0.25, 0.3) is 11.3 Å². The predicted octanol–water partition coefficient (Wildman–Crippen LogP) is 2.25. The van der Waals surface area contributed by atoms with Crippen molar-refractivity contribution in [2.75, 3.05) is 5.73 Å². The fourth-order valence-electron chi connectivity index (χ4n) is 1.80. The van der Waals surface area contributed by atoms with Crippen molar-refractivity contribution in [2.45, 2.75) is 0 Å². The minimum atomic E-state index is 0.354. The molecule has 2 N–H and O–H groups in total. The lowest BCUT2D eigenvalue weighted by Crippen LogP contribution is -1.94. The molecule has 0 fully saturated rings. The third-order valence-electron chi connectivity index (χ3n) is 2.76. The SMILES string of the molecule is Cn1cc(-c2cc(Oc3cccnc3N)ccn2)cn1. The summed E-state index contributed by atoms with van der Waals surface area (Å²) in [7, 11) is 1.86. The highest BCUT2D eigenvalue weighted by molar-refractivity contribution is 5.59. The molecule has 3 rings (SSSR count). The number of aromatic nitrogens is 4. The molecular formula is C14H13N5O. The number of aryl methyl sites for hydroxylation is 1. The average Bonchev–Trinajstić information content (AvgIpc) is 2.89. The van der Waals surface area contributed by atoms with Crippen molar-refractivity contribution in [3.8, 4) is 22.8 Å². The van der Waals surface area contributed by atoms with Crippen LogP contribution in [0.1, 0.15) is 0 Å². The van der Waals surface area contributed by atoms with Crippen molar-refractivity contribution >= 4 is 5.82 Å². The van der Waals surface area contributed by atoms with Gasteiger partial charge in [-0.3, -0.25) is 9.67 Å². The molecule has 3 aromatic heterocycles. The number of hydrogen-bond acceptors (Lipinski definition) is 5. The summed E-state index contributed by atoms with van der Waals surface area (Å²) in [5.41, 5.74) is 7.47. The third-order valence-corrected chi connectivity index (χ3v) is 2.76. The van der Waals surface area contributed by atoms with Crippen molar-refractivity contribution in [2.24, 2.45) is 7.05 Å². The van der Waals surface area contributed by atoms with Crippen LogP contribution in [0.3, 0.4) is 0 Å². The first-order valence-corrected chi connectivity index (χ1v) is 6.06. The molecule has 0 aliphatic rings. The van der Waals surface area contributed by atoms with E-state index in [1.165, 1.54) is 0 Å². The lowest BCUT2D eigenvalue weighted by molar-refractivity contribution is 0.482. The summed E-state index contributed by atoms with van der Waals surface area (Å²) in [6.45, 7) is 0. The van der Waals surface area contributed by atoms with Gasteiger partial charge < -0.3 is 10.5 Å². The number of pyridine rings is 2. The molecule has 0 saturated carbocycles. The molecule has 0 radical (unpaired) electrons. The summed E-state index contributed by atoms with van der Waals surface area (Å²) in [6, 6.07) is 7.15. The van der Waals surface area contributed by atoms with Crippen LogP contribution in [0.15, 0.2) is 49.1 Å². The van der Waals surface area contributed by atoms with Crippen LogP contribution in [0.4, 0.5) is 5.82 Å². The second-order valence-corrected chi connectivity index (χ2v) is 4.27. The molecule has 20 heavy (non-hydrogen) atoms. The first-order valence-electron chi connectivity index (χ1n) is 6.06. The zero-order chi connectivity index (χ0) is 13.9. The molecule has 0 spiro atoms. The number of hydrogen-bond donors (Lipinski definition) is 1. The summed E-state index contributed by atoms with van der Waals surface area (Å²) in [6.07, 6.45) is 6.95. The molecule has 0 amide bonds. The number of nitrogen functional groups attached to an aromatic ring is 1. The maximum absolute atomic E-state index is 5.76. The van der Waals surface area contributed by atoms with Gasteiger partial charge in [-0.1, -0.05) is 0 Å². The Morgan fingerprint density at radius 2 is 2.10 bits per heavy atom. The summed E-state index contributed by atoms with van der Waals surface area (Å²) < 4.78 is 7.45. The van der Waals surface area contributed by atoms with E-state index in [2.05, 4.69) is 15.1 Å². The van der Waals surface area contributed by atoms with Crippen molar-refractivity contribution in [3.05, 3.63) is 49.1 Å². The smallest absolute Gasteiger partial charge is 0.169 e. The molecule has 0 unspecified atom stereocenters. The molecule has 0 atom stereocenters.